The first-order valence-corrected chi connectivity index (χ1v) is 7.51. The molecule has 0 aliphatic carbocycles. The lowest BCUT2D eigenvalue weighted by Gasteiger charge is -2.05. The number of amides is 1. The molecule has 22 heavy (non-hydrogen) atoms. The number of rotatable bonds is 4. The number of hydrogen-bond donors (Lipinski definition) is 1. The van der Waals surface area contributed by atoms with Gasteiger partial charge in [-0.05, 0) is 46.2 Å². The second kappa shape index (κ2) is 6.33. The summed E-state index contributed by atoms with van der Waals surface area (Å²) in [5.74, 6) is 0.970. The molecule has 0 unspecified atom stereocenters. The van der Waals surface area contributed by atoms with Crippen LogP contribution >= 0.6 is 11.3 Å². The fourth-order valence-corrected chi connectivity index (χ4v) is 2.62. The average Bonchev–Trinajstić information content (AvgIpc) is 3.20. The van der Waals surface area contributed by atoms with E-state index >= 15 is 0 Å². The zero-order valence-corrected chi connectivity index (χ0v) is 12.4. The second-order valence-electron chi connectivity index (χ2n) is 4.60. The highest BCUT2D eigenvalue weighted by Crippen LogP contribution is 2.32. The highest BCUT2D eigenvalue weighted by Gasteiger charge is 2.14. The molecule has 1 N–H and O–H groups in total. The lowest BCUT2D eigenvalue weighted by atomic mass is 10.1. The topological polar surface area (TPSA) is 71.4 Å². The van der Waals surface area contributed by atoms with Crippen LogP contribution < -0.4 is 14.8 Å². The Morgan fingerprint density at radius 1 is 1.36 bits per heavy atom. The summed E-state index contributed by atoms with van der Waals surface area (Å²) in [5, 5.41) is 15.6. The Hall–Kier alpha value is -2.78. The summed E-state index contributed by atoms with van der Waals surface area (Å²) in [6.07, 6.45) is 1.57. The van der Waals surface area contributed by atoms with Gasteiger partial charge in [0.25, 0.3) is 5.91 Å². The van der Waals surface area contributed by atoms with Gasteiger partial charge in [-0.15, -0.1) is 0 Å². The fraction of sp³-hybridized carbons (Fsp3) is 0.125. The summed E-state index contributed by atoms with van der Waals surface area (Å²) in [7, 11) is 0. The van der Waals surface area contributed by atoms with E-state index in [9.17, 15) is 4.79 Å². The van der Waals surface area contributed by atoms with Crippen molar-refractivity contribution in [2.24, 2.45) is 0 Å². The van der Waals surface area contributed by atoms with Crippen molar-refractivity contribution < 1.29 is 14.3 Å². The molecule has 0 bridgehead atoms. The number of hydrogen-bond acceptors (Lipinski definition) is 5. The number of carbonyl (C=O) groups excluding carboxylic acids is 1. The molecular weight excluding hydrogens is 300 g/mol. The summed E-state index contributed by atoms with van der Waals surface area (Å²) in [6, 6.07) is 9.25. The van der Waals surface area contributed by atoms with E-state index in [2.05, 4.69) is 5.32 Å². The minimum absolute atomic E-state index is 0.0825. The first-order chi connectivity index (χ1) is 10.8. The number of nitrogens with zero attached hydrogens (tertiary/aromatic N) is 1. The Labute approximate surface area is 131 Å². The zero-order chi connectivity index (χ0) is 15.4. The van der Waals surface area contributed by atoms with Gasteiger partial charge in [0.2, 0.25) is 6.79 Å². The van der Waals surface area contributed by atoms with Crippen LogP contribution in [-0.4, -0.2) is 12.7 Å². The number of nitrogens with one attached hydrogen (secondary N) is 1. The van der Waals surface area contributed by atoms with Gasteiger partial charge in [0.05, 0.1) is 0 Å². The maximum atomic E-state index is 12.1. The molecule has 6 heteroatoms. The fourth-order valence-electron chi connectivity index (χ4n) is 2.00. The maximum Gasteiger partial charge on any atom is 0.262 e. The van der Waals surface area contributed by atoms with Gasteiger partial charge < -0.3 is 14.8 Å². The molecule has 1 aliphatic heterocycles. The van der Waals surface area contributed by atoms with Gasteiger partial charge in [-0.2, -0.15) is 16.6 Å². The number of thiophene rings is 1. The van der Waals surface area contributed by atoms with Gasteiger partial charge in [0.15, 0.2) is 11.5 Å². The van der Waals surface area contributed by atoms with Gasteiger partial charge >= 0.3 is 0 Å². The Morgan fingerprint density at radius 2 is 2.23 bits per heavy atom. The molecule has 2 aromatic rings. The second-order valence-corrected chi connectivity index (χ2v) is 5.38. The minimum atomic E-state index is -0.397. The highest BCUT2D eigenvalue weighted by molar-refractivity contribution is 7.08. The third-order valence-electron chi connectivity index (χ3n) is 3.11. The van der Waals surface area contributed by atoms with Gasteiger partial charge in [-0.25, -0.2) is 0 Å². The van der Waals surface area contributed by atoms with Crippen LogP contribution in [0.25, 0.3) is 6.08 Å². The predicted octanol–water partition coefficient (Wildman–Crippen LogP) is 2.70. The average molecular weight is 312 g/mol. The molecular formula is C16H12N2O3S. The van der Waals surface area contributed by atoms with E-state index in [1.54, 1.807) is 12.1 Å². The maximum absolute atomic E-state index is 12.1. The molecule has 0 atom stereocenters. The van der Waals surface area contributed by atoms with Crippen molar-refractivity contribution in [1.82, 2.24) is 5.32 Å². The first-order valence-electron chi connectivity index (χ1n) is 6.57. The molecule has 0 spiro atoms. The van der Waals surface area contributed by atoms with Crippen LogP contribution in [0.5, 0.6) is 11.5 Å². The first kappa shape index (κ1) is 14.2. The Balaban J connectivity index is 1.65. The van der Waals surface area contributed by atoms with E-state index in [-0.39, 0.29) is 12.4 Å². The quantitative estimate of drug-likeness (QED) is 0.696. The Bertz CT molecular complexity index is 760. The normalized spacial score (nSPS) is 12.8. The molecule has 1 amide bonds. The van der Waals surface area contributed by atoms with Crippen molar-refractivity contribution >= 4 is 23.3 Å². The number of benzene rings is 1. The molecule has 5 nitrogen and oxygen atoms in total. The number of ether oxygens (including phenoxy) is 2. The van der Waals surface area contributed by atoms with Crippen molar-refractivity contribution in [1.29, 1.82) is 5.26 Å². The smallest absolute Gasteiger partial charge is 0.262 e. The van der Waals surface area contributed by atoms with E-state index in [1.165, 1.54) is 11.3 Å². The van der Waals surface area contributed by atoms with Crippen molar-refractivity contribution in [2.45, 2.75) is 6.54 Å². The van der Waals surface area contributed by atoms with Crippen LogP contribution in [0.4, 0.5) is 0 Å². The minimum Gasteiger partial charge on any atom is -0.454 e. The molecule has 0 saturated heterocycles. The lowest BCUT2D eigenvalue weighted by molar-refractivity contribution is -0.117. The number of fused-ring (bicyclic) bond motifs is 1. The zero-order valence-electron chi connectivity index (χ0n) is 11.5. The van der Waals surface area contributed by atoms with Gasteiger partial charge in [0, 0.05) is 6.54 Å². The van der Waals surface area contributed by atoms with Gasteiger partial charge in [-0.3, -0.25) is 4.79 Å². The number of nitriles is 1. The molecule has 2 heterocycles. The van der Waals surface area contributed by atoms with Crippen LogP contribution in [0.15, 0.2) is 40.6 Å². The van der Waals surface area contributed by atoms with E-state index < -0.39 is 5.91 Å². The van der Waals surface area contributed by atoms with Crippen LogP contribution in [0.3, 0.4) is 0 Å². The number of carbonyl (C=O) groups is 1. The van der Waals surface area contributed by atoms with Crippen molar-refractivity contribution in [2.75, 3.05) is 6.79 Å². The van der Waals surface area contributed by atoms with Gasteiger partial charge in [-0.1, -0.05) is 6.07 Å². The van der Waals surface area contributed by atoms with Crippen molar-refractivity contribution in [3.8, 4) is 17.6 Å². The molecule has 1 aliphatic rings. The molecule has 0 saturated carbocycles. The Kier molecular flexibility index (Phi) is 4.08. The van der Waals surface area contributed by atoms with Crippen molar-refractivity contribution in [3.63, 3.8) is 0 Å². The summed E-state index contributed by atoms with van der Waals surface area (Å²) in [5.41, 5.74) is 1.81. The lowest BCUT2D eigenvalue weighted by Crippen LogP contribution is -2.23. The summed E-state index contributed by atoms with van der Waals surface area (Å²) in [6.45, 7) is 0.533. The third kappa shape index (κ3) is 3.10. The SMILES string of the molecule is N#C/C(=C\c1ccsc1)C(=O)NCc1ccc2c(c1)OCO2. The standard InChI is InChI=1S/C16H12N2O3S/c17-7-13(5-12-3-4-22-9-12)16(19)18-8-11-1-2-14-15(6-11)21-10-20-14/h1-6,9H,8,10H2,(H,18,19)/b13-5+. The van der Waals surface area contributed by atoms with E-state index in [0.29, 0.717) is 18.0 Å². The predicted molar refractivity (Wildman–Crippen MR) is 82.3 cm³/mol. The molecule has 1 aromatic heterocycles. The van der Waals surface area contributed by atoms with Crippen LogP contribution in [0.2, 0.25) is 0 Å². The molecule has 0 fully saturated rings. The summed E-state index contributed by atoms with van der Waals surface area (Å²) < 4.78 is 10.5. The molecule has 0 radical (unpaired) electrons. The highest BCUT2D eigenvalue weighted by atomic mass is 32.1. The molecule has 3 rings (SSSR count). The van der Waals surface area contributed by atoms with E-state index in [1.807, 2.05) is 35.0 Å². The van der Waals surface area contributed by atoms with Crippen molar-refractivity contribution in [3.05, 3.63) is 51.7 Å². The molecule has 110 valence electrons. The summed E-state index contributed by atoms with van der Waals surface area (Å²) in [4.78, 5) is 12.1. The van der Waals surface area contributed by atoms with E-state index in [4.69, 9.17) is 14.7 Å². The largest absolute Gasteiger partial charge is 0.454 e. The van der Waals surface area contributed by atoms with Crippen LogP contribution in [0, 0.1) is 11.3 Å². The van der Waals surface area contributed by atoms with Crippen LogP contribution in [-0.2, 0) is 11.3 Å². The Morgan fingerprint density at radius 3 is 3.00 bits per heavy atom. The molecule has 1 aromatic carbocycles. The van der Waals surface area contributed by atoms with Gasteiger partial charge in [0.1, 0.15) is 11.6 Å². The van der Waals surface area contributed by atoms with Crippen LogP contribution in [0.1, 0.15) is 11.1 Å². The summed E-state index contributed by atoms with van der Waals surface area (Å²) >= 11 is 1.51. The third-order valence-corrected chi connectivity index (χ3v) is 3.81. The van der Waals surface area contributed by atoms with E-state index in [0.717, 1.165) is 11.1 Å². The monoisotopic (exact) mass is 312 g/mol.